The molecule has 3 aromatic rings. The SMILES string of the molecule is CC1CCC(c2cc(F)c(-c3cc(F)c(C(F)(F)Oc4ccc(C(F)(F)F)cc4)c(F)c3)c(F)c2)OC1. The van der Waals surface area contributed by atoms with Gasteiger partial charge in [0.25, 0.3) is 0 Å². The fraction of sp³-hybridized carbons (Fsp3) is 0.308. The highest BCUT2D eigenvalue weighted by molar-refractivity contribution is 5.66. The molecular weight excluding hydrogens is 515 g/mol. The van der Waals surface area contributed by atoms with Crippen LogP contribution in [0.5, 0.6) is 5.75 Å². The third kappa shape index (κ3) is 5.71. The summed E-state index contributed by atoms with van der Waals surface area (Å²) in [5, 5.41) is 0. The van der Waals surface area contributed by atoms with Gasteiger partial charge in [-0.1, -0.05) is 6.92 Å². The number of benzene rings is 3. The Morgan fingerprint density at radius 1 is 0.784 bits per heavy atom. The van der Waals surface area contributed by atoms with Gasteiger partial charge >= 0.3 is 12.3 Å². The van der Waals surface area contributed by atoms with Crippen molar-refractivity contribution in [2.75, 3.05) is 6.61 Å². The summed E-state index contributed by atoms with van der Waals surface area (Å²) in [7, 11) is 0. The van der Waals surface area contributed by atoms with Gasteiger partial charge in [-0.3, -0.25) is 0 Å². The summed E-state index contributed by atoms with van der Waals surface area (Å²) in [6.07, 6.45) is -8.67. The van der Waals surface area contributed by atoms with Crippen molar-refractivity contribution in [3.8, 4) is 16.9 Å². The van der Waals surface area contributed by atoms with Crippen molar-refractivity contribution in [1.29, 1.82) is 0 Å². The van der Waals surface area contributed by atoms with Gasteiger partial charge in [0.2, 0.25) is 0 Å². The van der Waals surface area contributed by atoms with Crippen LogP contribution >= 0.6 is 0 Å². The first kappa shape index (κ1) is 26.8. The van der Waals surface area contributed by atoms with Crippen molar-refractivity contribution in [1.82, 2.24) is 0 Å². The standard InChI is InChI=1S/C26H19F9O2/c1-13-2-7-22(36-12-13)14-8-18(27)23(19(28)9-14)15-10-20(29)24(21(30)11-15)26(34,35)37-17-5-3-16(4-6-17)25(31,32)33/h3-6,8-11,13,22H,2,7,12H2,1H3. The lowest BCUT2D eigenvalue weighted by molar-refractivity contribution is -0.189. The first-order chi connectivity index (χ1) is 17.3. The lowest BCUT2D eigenvalue weighted by Crippen LogP contribution is -2.25. The van der Waals surface area contributed by atoms with Crippen LogP contribution in [0.3, 0.4) is 0 Å². The van der Waals surface area contributed by atoms with Crippen molar-refractivity contribution in [2.24, 2.45) is 5.92 Å². The Morgan fingerprint density at radius 3 is 1.84 bits per heavy atom. The van der Waals surface area contributed by atoms with Crippen LogP contribution in [0.1, 0.15) is 42.6 Å². The van der Waals surface area contributed by atoms with Crippen molar-refractivity contribution < 1.29 is 49.0 Å². The predicted octanol–water partition coefficient (Wildman–Crippen LogP) is 8.54. The van der Waals surface area contributed by atoms with Gasteiger partial charge in [-0.25, -0.2) is 17.6 Å². The largest absolute Gasteiger partial charge is 0.432 e. The molecule has 1 aliphatic rings. The average Bonchev–Trinajstić information content (AvgIpc) is 2.78. The van der Waals surface area contributed by atoms with E-state index in [4.69, 9.17) is 4.74 Å². The summed E-state index contributed by atoms with van der Waals surface area (Å²) >= 11 is 0. The first-order valence-corrected chi connectivity index (χ1v) is 11.1. The van der Waals surface area contributed by atoms with Gasteiger partial charge in [0, 0.05) is 6.61 Å². The quantitative estimate of drug-likeness (QED) is 0.306. The van der Waals surface area contributed by atoms with Gasteiger partial charge in [0.05, 0.1) is 17.2 Å². The minimum Gasteiger partial charge on any atom is -0.429 e. The van der Waals surface area contributed by atoms with Crippen LogP contribution in [0.25, 0.3) is 11.1 Å². The summed E-state index contributed by atoms with van der Waals surface area (Å²) < 4.78 is 136. The fourth-order valence-corrected chi connectivity index (χ4v) is 4.11. The van der Waals surface area contributed by atoms with Gasteiger partial charge in [0.15, 0.2) is 0 Å². The lowest BCUT2D eigenvalue weighted by Gasteiger charge is -2.27. The number of hydrogen-bond donors (Lipinski definition) is 0. The highest BCUT2D eigenvalue weighted by atomic mass is 19.4. The Balaban J connectivity index is 1.62. The molecule has 0 saturated carbocycles. The molecule has 0 N–H and O–H groups in total. The third-order valence-corrected chi connectivity index (χ3v) is 5.99. The van der Waals surface area contributed by atoms with E-state index in [-0.39, 0.29) is 11.5 Å². The number of hydrogen-bond acceptors (Lipinski definition) is 2. The van der Waals surface area contributed by atoms with E-state index in [1.165, 1.54) is 0 Å². The maximum Gasteiger partial charge on any atom is 0.432 e. The number of alkyl halides is 5. The van der Waals surface area contributed by atoms with E-state index in [2.05, 4.69) is 4.74 Å². The van der Waals surface area contributed by atoms with E-state index in [0.717, 1.165) is 18.6 Å². The molecule has 1 aliphatic heterocycles. The summed E-state index contributed by atoms with van der Waals surface area (Å²) in [6.45, 7) is 2.36. The molecule has 1 heterocycles. The van der Waals surface area contributed by atoms with E-state index in [1.807, 2.05) is 6.92 Å². The van der Waals surface area contributed by atoms with Crippen LogP contribution < -0.4 is 4.74 Å². The van der Waals surface area contributed by atoms with E-state index < -0.39 is 69.7 Å². The molecule has 2 nitrogen and oxygen atoms in total. The van der Waals surface area contributed by atoms with Crippen LogP contribution in [0.15, 0.2) is 48.5 Å². The number of ether oxygens (including phenoxy) is 2. The second-order valence-corrected chi connectivity index (χ2v) is 8.82. The van der Waals surface area contributed by atoms with Crippen LogP contribution in [0, 0.1) is 29.2 Å². The van der Waals surface area contributed by atoms with Crippen LogP contribution in [-0.2, 0) is 17.0 Å². The third-order valence-electron chi connectivity index (χ3n) is 5.99. The molecule has 0 aromatic heterocycles. The van der Waals surface area contributed by atoms with Crippen molar-refractivity contribution in [2.45, 2.75) is 38.2 Å². The van der Waals surface area contributed by atoms with Crippen LogP contribution in [0.2, 0.25) is 0 Å². The highest BCUT2D eigenvalue weighted by Crippen LogP contribution is 2.40. The second-order valence-electron chi connectivity index (χ2n) is 8.82. The molecule has 11 heteroatoms. The predicted molar refractivity (Wildman–Crippen MR) is 115 cm³/mol. The minimum atomic E-state index is -4.74. The number of rotatable bonds is 5. The maximum atomic E-state index is 14.8. The van der Waals surface area contributed by atoms with Gasteiger partial charge in [-0.15, -0.1) is 0 Å². The Kier molecular flexibility index (Phi) is 7.20. The molecule has 3 aromatic carbocycles. The lowest BCUT2D eigenvalue weighted by atomic mass is 9.93. The molecule has 198 valence electrons. The van der Waals surface area contributed by atoms with Crippen molar-refractivity contribution in [3.05, 3.63) is 88.5 Å². The molecule has 1 fully saturated rings. The first-order valence-electron chi connectivity index (χ1n) is 11.1. The summed E-state index contributed by atoms with van der Waals surface area (Å²) in [5.74, 6) is -6.60. The smallest absolute Gasteiger partial charge is 0.429 e. The number of halogens is 9. The van der Waals surface area contributed by atoms with Crippen molar-refractivity contribution in [3.63, 3.8) is 0 Å². The zero-order valence-corrected chi connectivity index (χ0v) is 19.1. The van der Waals surface area contributed by atoms with E-state index >= 15 is 0 Å². The van der Waals surface area contributed by atoms with Gasteiger partial charge in [-0.2, -0.15) is 22.0 Å². The van der Waals surface area contributed by atoms with E-state index in [0.29, 0.717) is 49.4 Å². The Labute approximate surface area is 205 Å². The zero-order valence-electron chi connectivity index (χ0n) is 19.1. The molecule has 0 aliphatic carbocycles. The van der Waals surface area contributed by atoms with Gasteiger partial charge < -0.3 is 9.47 Å². The van der Waals surface area contributed by atoms with Gasteiger partial charge in [0.1, 0.15) is 34.6 Å². The van der Waals surface area contributed by atoms with Crippen molar-refractivity contribution >= 4 is 0 Å². The molecule has 2 atom stereocenters. The van der Waals surface area contributed by atoms with Crippen LogP contribution in [-0.4, -0.2) is 6.61 Å². The monoisotopic (exact) mass is 534 g/mol. The average molecular weight is 534 g/mol. The summed E-state index contributed by atoms with van der Waals surface area (Å²) in [5.41, 5.74) is -4.34. The molecule has 4 rings (SSSR count). The van der Waals surface area contributed by atoms with Gasteiger partial charge in [-0.05, 0) is 78.4 Å². The molecule has 1 saturated heterocycles. The normalized spacial score (nSPS) is 18.6. The fourth-order valence-electron chi connectivity index (χ4n) is 4.11. The Hall–Kier alpha value is -3.21. The molecule has 0 bridgehead atoms. The summed E-state index contributed by atoms with van der Waals surface area (Å²) in [4.78, 5) is 0. The van der Waals surface area contributed by atoms with E-state index in [9.17, 15) is 39.5 Å². The molecule has 2 unspecified atom stereocenters. The topological polar surface area (TPSA) is 18.5 Å². The molecule has 0 spiro atoms. The highest BCUT2D eigenvalue weighted by Gasteiger charge is 2.42. The Morgan fingerprint density at radius 2 is 1.35 bits per heavy atom. The molecular formula is C26H19F9O2. The Bertz CT molecular complexity index is 1230. The molecule has 0 amide bonds. The minimum absolute atomic E-state index is 0.194. The zero-order chi connectivity index (χ0) is 27.1. The van der Waals surface area contributed by atoms with E-state index in [1.54, 1.807) is 0 Å². The maximum absolute atomic E-state index is 14.8. The summed E-state index contributed by atoms with van der Waals surface area (Å²) in [6, 6.07) is 4.60. The second kappa shape index (κ2) is 9.92. The molecule has 37 heavy (non-hydrogen) atoms. The van der Waals surface area contributed by atoms with Crippen LogP contribution in [0.4, 0.5) is 39.5 Å². The molecule has 0 radical (unpaired) electrons.